The van der Waals surface area contributed by atoms with Crippen molar-refractivity contribution in [3.8, 4) is 0 Å². The molecular weight excluding hydrogens is 142 g/mol. The lowest BCUT2D eigenvalue weighted by molar-refractivity contribution is -0.0306. The van der Waals surface area contributed by atoms with Crippen LogP contribution in [0, 0.1) is 6.41 Å². The lowest BCUT2D eigenvalue weighted by Crippen LogP contribution is -2.25. The van der Waals surface area contributed by atoms with Crippen LogP contribution in [0.5, 0.6) is 0 Å². The Balaban J connectivity index is 2.12. The summed E-state index contributed by atoms with van der Waals surface area (Å²) < 4.78 is 10.5. The maximum atomic E-state index is 5.23. The van der Waals surface area contributed by atoms with E-state index in [0.717, 1.165) is 6.54 Å². The smallest absolute Gasteiger partial charge is 0.303 e. The van der Waals surface area contributed by atoms with Crippen LogP contribution in [-0.2, 0) is 9.47 Å². The third-order valence-electron chi connectivity index (χ3n) is 1.69. The van der Waals surface area contributed by atoms with Crippen LogP contribution in [0.1, 0.15) is 19.8 Å². The highest BCUT2D eigenvalue weighted by molar-refractivity contribution is 4.69. The van der Waals surface area contributed by atoms with Crippen molar-refractivity contribution in [3.63, 3.8) is 0 Å². The minimum atomic E-state index is 0.693. The minimum Gasteiger partial charge on any atom is -0.329 e. The summed E-state index contributed by atoms with van der Waals surface area (Å²) in [5.74, 6) is 0. The van der Waals surface area contributed by atoms with Gasteiger partial charge in [-0.15, -0.1) is 0 Å². The normalized spacial score (nSPS) is 19.9. The average molecular weight is 158 g/mol. The Labute approximate surface area is 68.3 Å². The molecule has 1 heterocycles. The van der Waals surface area contributed by atoms with E-state index in [2.05, 4.69) is 6.92 Å². The summed E-state index contributed by atoms with van der Waals surface area (Å²) >= 11 is 0. The first-order valence-electron chi connectivity index (χ1n) is 4.18. The van der Waals surface area contributed by atoms with E-state index in [9.17, 15) is 0 Å². The third-order valence-corrected chi connectivity index (χ3v) is 1.69. The topological polar surface area (TPSA) is 21.7 Å². The predicted octanol–water partition coefficient (Wildman–Crippen LogP) is 1.21. The van der Waals surface area contributed by atoms with Gasteiger partial charge < -0.3 is 9.47 Å². The standard InChI is InChI=1S/C8H16NO2/c1-3-4-5-9(2)8-10-6-7-11-8/h3-7H2,1-2H3. The minimum absolute atomic E-state index is 0.693. The molecule has 0 saturated carbocycles. The van der Waals surface area contributed by atoms with E-state index in [0.29, 0.717) is 19.6 Å². The molecule has 1 aliphatic heterocycles. The number of nitrogens with zero attached hydrogens (tertiary/aromatic N) is 1. The first-order chi connectivity index (χ1) is 5.34. The second kappa shape index (κ2) is 4.70. The van der Waals surface area contributed by atoms with Gasteiger partial charge in [-0.3, -0.25) is 0 Å². The van der Waals surface area contributed by atoms with Gasteiger partial charge in [0.25, 0.3) is 0 Å². The third kappa shape index (κ3) is 2.77. The molecule has 1 aliphatic rings. The lowest BCUT2D eigenvalue weighted by atomic mass is 10.3. The number of rotatable bonds is 4. The lowest BCUT2D eigenvalue weighted by Gasteiger charge is -2.19. The summed E-state index contributed by atoms with van der Waals surface area (Å²) in [6.45, 7) is 4.60. The van der Waals surface area contributed by atoms with Crippen LogP contribution in [-0.4, -0.2) is 31.7 Å². The van der Waals surface area contributed by atoms with E-state index < -0.39 is 0 Å². The van der Waals surface area contributed by atoms with Gasteiger partial charge in [0.2, 0.25) is 0 Å². The van der Waals surface area contributed by atoms with E-state index in [-0.39, 0.29) is 0 Å². The Bertz CT molecular complexity index is 102. The molecule has 3 heteroatoms. The summed E-state index contributed by atoms with van der Waals surface area (Å²) in [6, 6.07) is 0. The van der Waals surface area contributed by atoms with Crippen LogP contribution in [0.15, 0.2) is 0 Å². The van der Waals surface area contributed by atoms with E-state index in [1.165, 1.54) is 12.8 Å². The molecule has 0 aromatic rings. The Morgan fingerprint density at radius 2 is 2.00 bits per heavy atom. The average Bonchev–Trinajstić information content (AvgIpc) is 2.52. The highest BCUT2D eigenvalue weighted by atomic mass is 16.7. The van der Waals surface area contributed by atoms with Crippen molar-refractivity contribution >= 4 is 0 Å². The summed E-state index contributed by atoms with van der Waals surface area (Å²) in [6.07, 6.45) is 3.09. The van der Waals surface area contributed by atoms with Gasteiger partial charge in [-0.2, -0.15) is 0 Å². The molecule has 1 saturated heterocycles. The Morgan fingerprint density at radius 3 is 2.55 bits per heavy atom. The van der Waals surface area contributed by atoms with E-state index >= 15 is 0 Å². The van der Waals surface area contributed by atoms with Gasteiger partial charge in [0.15, 0.2) is 0 Å². The maximum Gasteiger partial charge on any atom is 0.303 e. The Morgan fingerprint density at radius 1 is 1.36 bits per heavy atom. The van der Waals surface area contributed by atoms with Crippen molar-refractivity contribution in [2.24, 2.45) is 0 Å². The molecule has 0 aromatic carbocycles. The van der Waals surface area contributed by atoms with Crippen LogP contribution in [0.25, 0.3) is 0 Å². The van der Waals surface area contributed by atoms with E-state index in [4.69, 9.17) is 9.47 Å². The monoisotopic (exact) mass is 158 g/mol. The molecule has 65 valence electrons. The Kier molecular flexibility index (Phi) is 3.83. The zero-order valence-electron chi connectivity index (χ0n) is 7.30. The predicted molar refractivity (Wildman–Crippen MR) is 42.7 cm³/mol. The summed E-state index contributed by atoms with van der Waals surface area (Å²) in [5, 5.41) is 0. The second-order valence-electron chi connectivity index (χ2n) is 2.74. The first-order valence-corrected chi connectivity index (χ1v) is 4.18. The van der Waals surface area contributed by atoms with Crippen molar-refractivity contribution in [2.75, 3.05) is 26.8 Å². The molecule has 0 unspecified atom stereocenters. The molecule has 0 bridgehead atoms. The summed E-state index contributed by atoms with van der Waals surface area (Å²) in [5.41, 5.74) is 0. The first kappa shape index (κ1) is 8.97. The number of ether oxygens (including phenoxy) is 2. The molecule has 0 N–H and O–H groups in total. The van der Waals surface area contributed by atoms with Gasteiger partial charge in [-0.25, -0.2) is 4.90 Å². The second-order valence-corrected chi connectivity index (χ2v) is 2.74. The van der Waals surface area contributed by atoms with Crippen molar-refractivity contribution in [1.82, 2.24) is 4.90 Å². The van der Waals surface area contributed by atoms with Crippen LogP contribution in [0.3, 0.4) is 0 Å². The summed E-state index contributed by atoms with van der Waals surface area (Å²) in [4.78, 5) is 2.02. The molecule has 3 nitrogen and oxygen atoms in total. The molecule has 0 spiro atoms. The van der Waals surface area contributed by atoms with E-state index in [1.54, 1.807) is 0 Å². The van der Waals surface area contributed by atoms with Crippen LogP contribution >= 0.6 is 0 Å². The molecule has 1 radical (unpaired) electrons. The highest BCUT2D eigenvalue weighted by Gasteiger charge is 2.22. The van der Waals surface area contributed by atoms with Gasteiger partial charge in [0, 0.05) is 6.54 Å². The van der Waals surface area contributed by atoms with Crippen LogP contribution in [0.2, 0.25) is 0 Å². The van der Waals surface area contributed by atoms with Gasteiger partial charge >= 0.3 is 6.41 Å². The Hall–Kier alpha value is -0.120. The quantitative estimate of drug-likeness (QED) is 0.614. The highest BCUT2D eigenvalue weighted by Crippen LogP contribution is 2.15. The van der Waals surface area contributed by atoms with Crippen molar-refractivity contribution < 1.29 is 9.47 Å². The van der Waals surface area contributed by atoms with Crippen LogP contribution in [0.4, 0.5) is 0 Å². The van der Waals surface area contributed by atoms with Crippen molar-refractivity contribution in [1.29, 1.82) is 0 Å². The zero-order chi connectivity index (χ0) is 8.10. The van der Waals surface area contributed by atoms with Gasteiger partial charge in [0.05, 0.1) is 13.2 Å². The molecule has 1 rings (SSSR count). The largest absolute Gasteiger partial charge is 0.329 e. The molecule has 1 fully saturated rings. The molecule has 0 aliphatic carbocycles. The molecule has 0 atom stereocenters. The van der Waals surface area contributed by atoms with Crippen molar-refractivity contribution in [3.05, 3.63) is 6.41 Å². The summed E-state index contributed by atoms with van der Waals surface area (Å²) in [7, 11) is 2.00. The van der Waals surface area contributed by atoms with Crippen LogP contribution < -0.4 is 0 Å². The fraction of sp³-hybridized carbons (Fsp3) is 0.875. The number of unbranched alkanes of at least 4 members (excludes halogenated alkanes) is 1. The van der Waals surface area contributed by atoms with Crippen molar-refractivity contribution in [2.45, 2.75) is 19.8 Å². The molecule has 0 aromatic heterocycles. The maximum absolute atomic E-state index is 5.23. The fourth-order valence-corrected chi connectivity index (χ4v) is 1.01. The van der Waals surface area contributed by atoms with Gasteiger partial charge in [-0.05, 0) is 13.5 Å². The number of hydrogen-bond donors (Lipinski definition) is 0. The van der Waals surface area contributed by atoms with E-state index in [1.807, 2.05) is 11.9 Å². The number of hydrogen-bond acceptors (Lipinski definition) is 3. The molecule has 0 amide bonds. The zero-order valence-corrected chi connectivity index (χ0v) is 7.30. The van der Waals surface area contributed by atoms with Gasteiger partial charge in [0.1, 0.15) is 0 Å². The molecular formula is C8H16NO2. The SMILES string of the molecule is CCCCN(C)[C]1OCCO1. The fourth-order valence-electron chi connectivity index (χ4n) is 1.01. The molecule has 11 heavy (non-hydrogen) atoms. The van der Waals surface area contributed by atoms with Gasteiger partial charge in [-0.1, -0.05) is 13.3 Å².